The summed E-state index contributed by atoms with van der Waals surface area (Å²) in [5.74, 6) is 5.96. The van der Waals surface area contributed by atoms with E-state index in [0.29, 0.717) is 22.2 Å². The molecule has 0 aliphatic heterocycles. The Kier molecular flexibility index (Phi) is 4.36. The summed E-state index contributed by atoms with van der Waals surface area (Å²) in [7, 11) is 0. The Bertz CT molecular complexity index is 600. The predicted octanol–water partition coefficient (Wildman–Crippen LogP) is 2.41. The van der Waals surface area contributed by atoms with Crippen LogP contribution in [0, 0.1) is 0 Å². The smallest absolute Gasteiger partial charge is 0.300 e. The number of carbonyl (C=O) groups excluding carboxylic acids is 1. The highest BCUT2D eigenvalue weighted by atomic mass is 35.5. The van der Waals surface area contributed by atoms with Gasteiger partial charge in [0, 0.05) is 10.6 Å². The molecule has 0 saturated heterocycles. The molecular weight excluding hydrogens is 286 g/mol. The zero-order chi connectivity index (χ0) is 13.8. The molecule has 2 aromatic rings. The maximum absolute atomic E-state index is 11.2. The maximum atomic E-state index is 11.2. The molecule has 0 aliphatic rings. The Labute approximate surface area is 119 Å². The Morgan fingerprint density at radius 1 is 1.37 bits per heavy atom. The molecule has 1 aromatic carbocycles. The second-order valence-electron chi connectivity index (χ2n) is 3.72. The fourth-order valence-electron chi connectivity index (χ4n) is 1.43. The number of anilines is 1. The molecule has 0 saturated carbocycles. The largest absolute Gasteiger partial charge is 0.455 e. The molecule has 0 bridgehead atoms. The number of hydrazine groups is 1. The second kappa shape index (κ2) is 6.01. The van der Waals surface area contributed by atoms with Gasteiger partial charge in [-0.05, 0) is 30.3 Å². The lowest BCUT2D eigenvalue weighted by Crippen LogP contribution is -2.29. The first-order valence-corrected chi connectivity index (χ1v) is 6.74. The van der Waals surface area contributed by atoms with Crippen molar-refractivity contribution in [1.82, 2.24) is 5.43 Å². The number of amides is 1. The summed E-state index contributed by atoms with van der Waals surface area (Å²) >= 11 is 7.56. The van der Waals surface area contributed by atoms with E-state index in [2.05, 4.69) is 0 Å². The van der Waals surface area contributed by atoms with Crippen LogP contribution in [0.5, 0.6) is 0 Å². The second-order valence-corrected chi connectivity index (χ2v) is 5.14. The van der Waals surface area contributed by atoms with Gasteiger partial charge in [0.25, 0.3) is 0 Å². The van der Waals surface area contributed by atoms with Gasteiger partial charge in [-0.2, -0.15) is 0 Å². The van der Waals surface area contributed by atoms with Gasteiger partial charge in [-0.3, -0.25) is 10.2 Å². The third-order valence-electron chi connectivity index (χ3n) is 2.34. The Morgan fingerprint density at radius 2 is 2.16 bits per heavy atom. The Balaban J connectivity index is 2.02. The minimum absolute atomic E-state index is 0.182. The van der Waals surface area contributed by atoms with Crippen LogP contribution < -0.4 is 17.0 Å². The number of halogens is 1. The van der Waals surface area contributed by atoms with Crippen LogP contribution in [0.25, 0.3) is 0 Å². The van der Waals surface area contributed by atoms with Crippen molar-refractivity contribution in [1.29, 1.82) is 0 Å². The summed E-state index contributed by atoms with van der Waals surface area (Å²) in [6.45, 7) is 0. The fourth-order valence-corrected chi connectivity index (χ4v) is 2.60. The summed E-state index contributed by atoms with van der Waals surface area (Å²) in [6, 6.07) is 8.62. The monoisotopic (exact) mass is 297 g/mol. The highest BCUT2D eigenvalue weighted by Crippen LogP contribution is 2.31. The highest BCUT2D eigenvalue weighted by molar-refractivity contribution is 7.98. The van der Waals surface area contributed by atoms with E-state index in [1.807, 2.05) is 11.5 Å². The zero-order valence-electron chi connectivity index (χ0n) is 9.85. The summed E-state index contributed by atoms with van der Waals surface area (Å²) in [6.07, 6.45) is 0. The van der Waals surface area contributed by atoms with Gasteiger partial charge in [0.1, 0.15) is 5.76 Å². The average molecular weight is 298 g/mol. The number of furan rings is 1. The normalized spacial score (nSPS) is 10.4. The van der Waals surface area contributed by atoms with E-state index in [0.717, 1.165) is 4.90 Å². The van der Waals surface area contributed by atoms with Gasteiger partial charge in [0.2, 0.25) is 0 Å². The lowest BCUT2D eigenvalue weighted by molar-refractivity contribution is 0.0924. The summed E-state index contributed by atoms with van der Waals surface area (Å²) in [5, 5.41) is 0.594. The van der Waals surface area contributed by atoms with E-state index in [1.165, 1.54) is 11.8 Å². The highest BCUT2D eigenvalue weighted by Gasteiger charge is 2.10. The van der Waals surface area contributed by atoms with Gasteiger partial charge in [-0.25, -0.2) is 5.84 Å². The topological polar surface area (TPSA) is 94.3 Å². The third-order valence-corrected chi connectivity index (χ3v) is 3.86. The summed E-state index contributed by atoms with van der Waals surface area (Å²) in [5.41, 5.74) is 8.25. The Morgan fingerprint density at radius 3 is 2.84 bits per heavy atom. The van der Waals surface area contributed by atoms with E-state index in [1.54, 1.807) is 24.3 Å². The van der Waals surface area contributed by atoms with Gasteiger partial charge in [0.15, 0.2) is 5.76 Å². The number of hydrogen-bond donors (Lipinski definition) is 3. The number of nitrogen functional groups attached to an aromatic ring is 2. The van der Waals surface area contributed by atoms with E-state index < -0.39 is 5.91 Å². The van der Waals surface area contributed by atoms with Crippen molar-refractivity contribution in [3.63, 3.8) is 0 Å². The van der Waals surface area contributed by atoms with Gasteiger partial charge in [-0.1, -0.05) is 11.6 Å². The number of rotatable bonds is 4. The van der Waals surface area contributed by atoms with Crippen molar-refractivity contribution in [3.8, 4) is 0 Å². The van der Waals surface area contributed by atoms with Crippen LogP contribution in [0.3, 0.4) is 0 Å². The number of carbonyl (C=O) groups is 1. The molecule has 5 nitrogen and oxygen atoms in total. The number of nitrogens with two attached hydrogens (primary N) is 2. The number of hydrogen-bond acceptors (Lipinski definition) is 5. The maximum Gasteiger partial charge on any atom is 0.300 e. The molecule has 1 heterocycles. The molecule has 0 radical (unpaired) electrons. The molecule has 1 aromatic heterocycles. The van der Waals surface area contributed by atoms with Crippen molar-refractivity contribution >= 4 is 35.0 Å². The van der Waals surface area contributed by atoms with Gasteiger partial charge in [0.05, 0.1) is 10.8 Å². The van der Waals surface area contributed by atoms with E-state index in [4.69, 9.17) is 27.6 Å². The van der Waals surface area contributed by atoms with Crippen LogP contribution in [-0.4, -0.2) is 5.91 Å². The molecule has 0 spiro atoms. The van der Waals surface area contributed by atoms with E-state index >= 15 is 0 Å². The van der Waals surface area contributed by atoms with Crippen LogP contribution in [0.15, 0.2) is 39.6 Å². The molecule has 0 atom stereocenters. The first kappa shape index (κ1) is 13.8. The molecule has 19 heavy (non-hydrogen) atoms. The SMILES string of the molecule is NNC(=O)c1ccc(CSc2ccc(N)cc2Cl)o1. The molecule has 1 amide bonds. The van der Waals surface area contributed by atoms with Crippen molar-refractivity contribution < 1.29 is 9.21 Å². The van der Waals surface area contributed by atoms with Crippen LogP contribution in [-0.2, 0) is 5.75 Å². The molecule has 5 N–H and O–H groups in total. The quantitative estimate of drug-likeness (QED) is 0.265. The third kappa shape index (κ3) is 3.44. The predicted molar refractivity (Wildman–Crippen MR) is 75.8 cm³/mol. The molecule has 7 heteroatoms. The molecule has 0 fully saturated rings. The molecule has 0 aliphatic carbocycles. The Hall–Kier alpha value is -1.63. The lowest BCUT2D eigenvalue weighted by atomic mass is 10.3. The number of benzene rings is 1. The standard InChI is InChI=1S/C12H12ClN3O2S/c13-9-5-7(14)1-4-11(9)19-6-8-2-3-10(18-8)12(17)16-15/h1-5H,6,14-15H2,(H,16,17). The summed E-state index contributed by atoms with van der Waals surface area (Å²) < 4.78 is 5.34. The van der Waals surface area contributed by atoms with Crippen molar-refractivity contribution in [2.45, 2.75) is 10.6 Å². The minimum Gasteiger partial charge on any atom is -0.455 e. The fraction of sp³-hybridized carbons (Fsp3) is 0.0833. The molecular formula is C12H12ClN3O2S. The zero-order valence-corrected chi connectivity index (χ0v) is 11.4. The summed E-state index contributed by atoms with van der Waals surface area (Å²) in [4.78, 5) is 12.1. The van der Waals surface area contributed by atoms with Crippen LogP contribution >= 0.6 is 23.4 Å². The van der Waals surface area contributed by atoms with Crippen molar-refractivity contribution in [3.05, 3.63) is 46.9 Å². The van der Waals surface area contributed by atoms with Crippen LogP contribution in [0.4, 0.5) is 5.69 Å². The average Bonchev–Trinajstić information content (AvgIpc) is 2.85. The van der Waals surface area contributed by atoms with Gasteiger partial charge in [-0.15, -0.1) is 11.8 Å². The van der Waals surface area contributed by atoms with E-state index in [-0.39, 0.29) is 5.76 Å². The van der Waals surface area contributed by atoms with Gasteiger partial charge < -0.3 is 10.2 Å². The first-order chi connectivity index (χ1) is 9.10. The van der Waals surface area contributed by atoms with Crippen LogP contribution in [0.2, 0.25) is 5.02 Å². The van der Waals surface area contributed by atoms with E-state index in [9.17, 15) is 4.79 Å². The molecule has 0 unspecified atom stereocenters. The molecule has 2 rings (SSSR count). The molecule has 100 valence electrons. The lowest BCUT2D eigenvalue weighted by Gasteiger charge is -2.03. The van der Waals surface area contributed by atoms with Crippen molar-refractivity contribution in [2.75, 3.05) is 5.73 Å². The number of thioether (sulfide) groups is 1. The van der Waals surface area contributed by atoms with Crippen molar-refractivity contribution in [2.24, 2.45) is 5.84 Å². The van der Waals surface area contributed by atoms with Crippen LogP contribution in [0.1, 0.15) is 16.3 Å². The van der Waals surface area contributed by atoms with Gasteiger partial charge >= 0.3 is 5.91 Å². The first-order valence-electron chi connectivity index (χ1n) is 5.37. The number of nitrogens with one attached hydrogen (secondary N) is 1. The minimum atomic E-state index is -0.457.